The number of nitrogens with zero attached hydrogens (tertiary/aromatic N) is 3. The van der Waals surface area contributed by atoms with Crippen molar-refractivity contribution in [3.63, 3.8) is 0 Å². The average molecular weight is 335 g/mol. The van der Waals surface area contributed by atoms with E-state index in [1.807, 2.05) is 0 Å². The van der Waals surface area contributed by atoms with E-state index < -0.39 is 17.4 Å². The van der Waals surface area contributed by atoms with E-state index in [2.05, 4.69) is 10.2 Å². The third-order valence-electron chi connectivity index (χ3n) is 3.14. The van der Waals surface area contributed by atoms with Crippen LogP contribution in [0.1, 0.15) is 10.4 Å². The lowest BCUT2D eigenvalue weighted by Crippen LogP contribution is -2.07. The molecule has 0 bridgehead atoms. The van der Waals surface area contributed by atoms with Gasteiger partial charge >= 0.3 is 0 Å². The Hall–Kier alpha value is -2.48. The van der Waals surface area contributed by atoms with Gasteiger partial charge in [-0.15, -0.1) is 10.2 Å². The van der Waals surface area contributed by atoms with E-state index in [1.54, 1.807) is 23.7 Å². The molecule has 0 radical (unpaired) electrons. The van der Waals surface area contributed by atoms with E-state index in [0.29, 0.717) is 16.7 Å². The van der Waals surface area contributed by atoms with Crippen molar-refractivity contribution in [1.82, 2.24) is 14.8 Å². The quantitative estimate of drug-likeness (QED) is 0.529. The Bertz CT molecular complexity index is 847. The molecular formula is C15H11F2N3O2S. The molecule has 118 valence electrons. The molecule has 0 aliphatic heterocycles. The highest BCUT2D eigenvalue weighted by molar-refractivity contribution is 7.99. The molecule has 0 atom stereocenters. The first kappa shape index (κ1) is 15.4. The van der Waals surface area contributed by atoms with Crippen molar-refractivity contribution >= 4 is 17.5 Å². The molecule has 23 heavy (non-hydrogen) atoms. The van der Waals surface area contributed by atoms with Crippen LogP contribution in [0.15, 0.2) is 46.2 Å². The number of benzene rings is 1. The van der Waals surface area contributed by atoms with Gasteiger partial charge < -0.3 is 8.98 Å². The molecule has 2 aromatic heterocycles. The van der Waals surface area contributed by atoms with Crippen LogP contribution >= 0.6 is 11.8 Å². The molecule has 0 saturated heterocycles. The van der Waals surface area contributed by atoms with Crippen LogP contribution in [-0.2, 0) is 7.05 Å². The molecule has 0 saturated carbocycles. The Kier molecular flexibility index (Phi) is 4.24. The summed E-state index contributed by atoms with van der Waals surface area (Å²) in [5.41, 5.74) is -0.272. The van der Waals surface area contributed by atoms with Gasteiger partial charge in [0.2, 0.25) is 0 Å². The van der Waals surface area contributed by atoms with Crippen molar-refractivity contribution in [2.45, 2.75) is 5.16 Å². The molecule has 0 spiro atoms. The summed E-state index contributed by atoms with van der Waals surface area (Å²) in [5, 5.41) is 8.44. The predicted molar refractivity (Wildman–Crippen MR) is 80.1 cm³/mol. The van der Waals surface area contributed by atoms with Crippen molar-refractivity contribution in [2.24, 2.45) is 7.05 Å². The summed E-state index contributed by atoms with van der Waals surface area (Å²) in [4.78, 5) is 12.0. The summed E-state index contributed by atoms with van der Waals surface area (Å²) in [6.45, 7) is 0. The molecule has 0 unspecified atom stereocenters. The summed E-state index contributed by atoms with van der Waals surface area (Å²) in [5.74, 6) is -0.930. The number of ketones is 1. The molecule has 0 N–H and O–H groups in total. The van der Waals surface area contributed by atoms with Crippen LogP contribution in [-0.4, -0.2) is 26.3 Å². The zero-order valence-electron chi connectivity index (χ0n) is 12.0. The SMILES string of the molecule is Cn1c(SCC(=O)c2cc(F)ccc2F)nnc1-c1ccco1. The highest BCUT2D eigenvalue weighted by Gasteiger charge is 2.17. The zero-order valence-corrected chi connectivity index (χ0v) is 12.8. The van der Waals surface area contributed by atoms with Crippen LogP contribution in [0.2, 0.25) is 0 Å². The number of Topliss-reactive ketones (excluding diaryl/α,β-unsaturated/α-hetero) is 1. The lowest BCUT2D eigenvalue weighted by Gasteiger charge is -2.03. The maximum absolute atomic E-state index is 13.6. The van der Waals surface area contributed by atoms with Gasteiger partial charge in [-0.2, -0.15) is 0 Å². The number of rotatable bonds is 5. The zero-order chi connectivity index (χ0) is 16.4. The first-order valence-electron chi connectivity index (χ1n) is 6.60. The number of hydrogen-bond acceptors (Lipinski definition) is 5. The number of carbonyl (C=O) groups excluding carboxylic acids is 1. The van der Waals surface area contributed by atoms with Gasteiger partial charge in [0.15, 0.2) is 22.5 Å². The van der Waals surface area contributed by atoms with E-state index in [4.69, 9.17) is 4.42 Å². The van der Waals surface area contributed by atoms with E-state index in [0.717, 1.165) is 30.0 Å². The summed E-state index contributed by atoms with van der Waals surface area (Å²) in [7, 11) is 1.73. The number of hydrogen-bond donors (Lipinski definition) is 0. The fourth-order valence-electron chi connectivity index (χ4n) is 1.98. The molecule has 3 rings (SSSR count). The standard InChI is InChI=1S/C15H11F2N3O2S/c1-20-14(13-3-2-6-22-13)18-19-15(20)23-8-12(21)10-7-9(16)4-5-11(10)17/h2-7H,8H2,1H3. The first-order chi connectivity index (χ1) is 11.1. The third-order valence-corrected chi connectivity index (χ3v) is 4.16. The fourth-order valence-corrected chi connectivity index (χ4v) is 2.77. The van der Waals surface area contributed by atoms with Gasteiger partial charge in [-0.3, -0.25) is 4.79 Å². The van der Waals surface area contributed by atoms with Crippen molar-refractivity contribution < 1.29 is 18.0 Å². The molecule has 0 amide bonds. The van der Waals surface area contributed by atoms with Crippen LogP contribution in [0.3, 0.4) is 0 Å². The van der Waals surface area contributed by atoms with Gasteiger partial charge in [-0.25, -0.2) is 8.78 Å². The van der Waals surface area contributed by atoms with Gasteiger partial charge in [-0.05, 0) is 30.3 Å². The minimum atomic E-state index is -0.744. The van der Waals surface area contributed by atoms with Crippen molar-refractivity contribution in [2.75, 3.05) is 5.75 Å². The normalized spacial score (nSPS) is 10.9. The molecule has 0 aliphatic rings. The maximum atomic E-state index is 13.6. The van der Waals surface area contributed by atoms with Crippen molar-refractivity contribution in [1.29, 1.82) is 0 Å². The molecule has 8 heteroatoms. The van der Waals surface area contributed by atoms with Gasteiger partial charge in [-0.1, -0.05) is 11.8 Å². The molecule has 1 aromatic carbocycles. The Labute approximate surface area is 134 Å². The largest absolute Gasteiger partial charge is 0.461 e. The summed E-state index contributed by atoms with van der Waals surface area (Å²) >= 11 is 1.09. The monoisotopic (exact) mass is 335 g/mol. The fraction of sp³-hybridized carbons (Fsp3) is 0.133. The van der Waals surface area contributed by atoms with E-state index in [9.17, 15) is 13.6 Å². The van der Waals surface area contributed by atoms with E-state index >= 15 is 0 Å². The Morgan fingerprint density at radius 2 is 2.13 bits per heavy atom. The van der Waals surface area contributed by atoms with E-state index in [-0.39, 0.29) is 11.3 Å². The minimum absolute atomic E-state index is 0.0789. The third kappa shape index (κ3) is 3.16. The molecule has 0 aliphatic carbocycles. The van der Waals surface area contributed by atoms with Gasteiger partial charge in [0.1, 0.15) is 11.6 Å². The summed E-state index contributed by atoms with van der Waals surface area (Å²) in [6.07, 6.45) is 1.52. The number of aromatic nitrogens is 3. The molecule has 3 aromatic rings. The first-order valence-corrected chi connectivity index (χ1v) is 7.59. The van der Waals surface area contributed by atoms with Crippen LogP contribution in [0.4, 0.5) is 8.78 Å². The summed E-state index contributed by atoms with van der Waals surface area (Å²) in [6, 6.07) is 6.27. The smallest absolute Gasteiger partial charge is 0.200 e. The van der Waals surface area contributed by atoms with Crippen LogP contribution in [0, 0.1) is 11.6 Å². The highest BCUT2D eigenvalue weighted by Crippen LogP contribution is 2.24. The Balaban J connectivity index is 1.74. The second-order valence-corrected chi connectivity index (χ2v) is 5.62. The van der Waals surface area contributed by atoms with Gasteiger partial charge in [0.25, 0.3) is 0 Å². The Morgan fingerprint density at radius 1 is 1.30 bits per heavy atom. The number of halogens is 2. The molecular weight excluding hydrogens is 324 g/mol. The number of thioether (sulfide) groups is 1. The van der Waals surface area contributed by atoms with Crippen LogP contribution in [0.5, 0.6) is 0 Å². The topological polar surface area (TPSA) is 60.9 Å². The number of carbonyl (C=O) groups is 1. The van der Waals surface area contributed by atoms with Crippen LogP contribution in [0.25, 0.3) is 11.6 Å². The summed E-state index contributed by atoms with van der Waals surface area (Å²) < 4.78 is 33.6. The van der Waals surface area contributed by atoms with Crippen molar-refractivity contribution in [3.8, 4) is 11.6 Å². The molecule has 5 nitrogen and oxygen atoms in total. The second-order valence-electron chi connectivity index (χ2n) is 4.68. The van der Waals surface area contributed by atoms with E-state index in [1.165, 1.54) is 6.26 Å². The average Bonchev–Trinajstić information content (AvgIpc) is 3.17. The molecule has 2 heterocycles. The lowest BCUT2D eigenvalue weighted by atomic mass is 10.1. The van der Waals surface area contributed by atoms with Crippen molar-refractivity contribution in [3.05, 3.63) is 53.8 Å². The number of furan rings is 1. The molecule has 0 fully saturated rings. The predicted octanol–water partition coefficient (Wildman–Crippen LogP) is 3.33. The lowest BCUT2D eigenvalue weighted by molar-refractivity contribution is 0.101. The highest BCUT2D eigenvalue weighted by atomic mass is 32.2. The second kappa shape index (κ2) is 6.33. The van der Waals surface area contributed by atoms with Gasteiger partial charge in [0.05, 0.1) is 17.6 Å². The maximum Gasteiger partial charge on any atom is 0.200 e. The minimum Gasteiger partial charge on any atom is -0.461 e. The van der Waals surface area contributed by atoms with Gasteiger partial charge in [0, 0.05) is 7.05 Å². The van der Waals surface area contributed by atoms with Crippen LogP contribution < -0.4 is 0 Å². The Morgan fingerprint density at radius 3 is 2.87 bits per heavy atom.